The molecule has 5 nitrogen and oxygen atoms in total. The van der Waals surface area contributed by atoms with E-state index in [1.807, 2.05) is 54.6 Å². The second kappa shape index (κ2) is 7.31. The number of nitrogens with one attached hydrogen (secondary N) is 1. The van der Waals surface area contributed by atoms with E-state index < -0.39 is 11.6 Å². The standard InChI is InChI=1S/C25H26N2O3/c1-2-16-27-24(29)22(23(28)26-17-10-4-3-5-11-17)21-18-12-6-7-14-20(18)30-25(27)15-9-8-13-19(21)25/h2-7,10-12,14,19,21-22H,1,8-9,13,15-16H2,(H,26,28)/t19-,21-,22+,25-/m0/s1. The average molecular weight is 402 g/mol. The van der Waals surface area contributed by atoms with Crippen molar-refractivity contribution in [3.05, 3.63) is 72.8 Å². The molecule has 2 bridgehead atoms. The molecule has 2 aromatic rings. The van der Waals surface area contributed by atoms with Crippen LogP contribution in [0, 0.1) is 11.8 Å². The lowest BCUT2D eigenvalue weighted by atomic mass is 9.61. The van der Waals surface area contributed by atoms with Crippen LogP contribution in [0.25, 0.3) is 0 Å². The number of piperidine rings is 1. The fourth-order valence-corrected chi connectivity index (χ4v) is 5.70. The number of hydrogen-bond acceptors (Lipinski definition) is 3. The molecule has 1 aliphatic carbocycles. The first-order valence-electron chi connectivity index (χ1n) is 10.7. The van der Waals surface area contributed by atoms with Crippen LogP contribution >= 0.6 is 0 Å². The fraction of sp³-hybridized carbons (Fsp3) is 0.360. The Hall–Kier alpha value is -3.08. The highest BCUT2D eigenvalue weighted by atomic mass is 16.5. The predicted molar refractivity (Wildman–Crippen MR) is 115 cm³/mol. The van der Waals surface area contributed by atoms with Gasteiger partial charge in [0.1, 0.15) is 11.7 Å². The van der Waals surface area contributed by atoms with Crippen molar-refractivity contribution >= 4 is 17.5 Å². The van der Waals surface area contributed by atoms with Gasteiger partial charge in [-0.25, -0.2) is 0 Å². The highest BCUT2D eigenvalue weighted by Gasteiger charge is 2.64. The summed E-state index contributed by atoms with van der Waals surface area (Å²) in [5, 5.41) is 2.98. The van der Waals surface area contributed by atoms with Crippen molar-refractivity contribution in [1.29, 1.82) is 0 Å². The number of rotatable bonds is 4. The topological polar surface area (TPSA) is 58.6 Å². The van der Waals surface area contributed by atoms with Crippen LogP contribution < -0.4 is 10.1 Å². The Kier molecular flexibility index (Phi) is 4.61. The van der Waals surface area contributed by atoms with Gasteiger partial charge in [0, 0.05) is 30.5 Å². The van der Waals surface area contributed by atoms with Crippen molar-refractivity contribution in [1.82, 2.24) is 4.90 Å². The van der Waals surface area contributed by atoms with Crippen molar-refractivity contribution in [3.8, 4) is 5.75 Å². The lowest BCUT2D eigenvalue weighted by Crippen LogP contribution is -2.71. The summed E-state index contributed by atoms with van der Waals surface area (Å²) >= 11 is 0. The molecular formula is C25H26N2O3. The molecule has 5 heteroatoms. The van der Waals surface area contributed by atoms with E-state index in [4.69, 9.17) is 4.74 Å². The van der Waals surface area contributed by atoms with Gasteiger partial charge >= 0.3 is 0 Å². The third kappa shape index (κ3) is 2.76. The van der Waals surface area contributed by atoms with E-state index in [9.17, 15) is 9.59 Å². The van der Waals surface area contributed by atoms with Gasteiger partial charge in [-0.15, -0.1) is 6.58 Å². The number of nitrogens with zero attached hydrogens (tertiary/aromatic N) is 1. The number of hydrogen-bond donors (Lipinski definition) is 1. The molecule has 154 valence electrons. The van der Waals surface area contributed by atoms with Gasteiger partial charge in [-0.2, -0.15) is 0 Å². The number of benzene rings is 2. The molecule has 0 radical (unpaired) electrons. The fourth-order valence-electron chi connectivity index (χ4n) is 5.70. The molecule has 0 spiro atoms. The Balaban J connectivity index is 1.63. The van der Waals surface area contributed by atoms with E-state index in [0.29, 0.717) is 12.2 Å². The summed E-state index contributed by atoms with van der Waals surface area (Å²) in [6, 6.07) is 17.2. The minimum absolute atomic E-state index is 0.0883. The SMILES string of the molecule is C=CCN1C(=O)[C@@H](C(=O)Nc2ccccc2)[C@H]2c3ccccc3O[C@]13CCCC[C@@H]23. The van der Waals surface area contributed by atoms with Crippen molar-refractivity contribution < 1.29 is 14.3 Å². The third-order valence-corrected chi connectivity index (χ3v) is 6.86. The van der Waals surface area contributed by atoms with Crippen LogP contribution in [0.4, 0.5) is 5.69 Å². The Bertz CT molecular complexity index is 989. The molecule has 3 aliphatic rings. The zero-order valence-electron chi connectivity index (χ0n) is 16.9. The molecule has 5 rings (SSSR count). The Morgan fingerprint density at radius 2 is 1.93 bits per heavy atom. The number of para-hydroxylation sites is 2. The molecule has 0 unspecified atom stereocenters. The summed E-state index contributed by atoms with van der Waals surface area (Å²) in [6.45, 7) is 4.24. The van der Waals surface area contributed by atoms with Crippen molar-refractivity contribution in [3.63, 3.8) is 0 Å². The van der Waals surface area contributed by atoms with E-state index in [2.05, 4.69) is 11.9 Å². The van der Waals surface area contributed by atoms with Crippen molar-refractivity contribution in [2.24, 2.45) is 11.8 Å². The van der Waals surface area contributed by atoms with Crippen LogP contribution in [0.3, 0.4) is 0 Å². The normalized spacial score (nSPS) is 29.3. The zero-order valence-corrected chi connectivity index (χ0v) is 16.9. The van der Waals surface area contributed by atoms with Crippen LogP contribution in [0.1, 0.15) is 37.2 Å². The number of amides is 2. The quantitative estimate of drug-likeness (QED) is 0.612. The first-order chi connectivity index (χ1) is 14.7. The molecule has 2 heterocycles. The summed E-state index contributed by atoms with van der Waals surface area (Å²) in [5.74, 6) is -0.508. The second-order valence-corrected chi connectivity index (χ2v) is 8.43. The van der Waals surface area contributed by atoms with Crippen LogP contribution in [0.5, 0.6) is 5.75 Å². The van der Waals surface area contributed by atoms with Gasteiger partial charge in [0.15, 0.2) is 5.72 Å². The van der Waals surface area contributed by atoms with Crippen LogP contribution in [-0.2, 0) is 9.59 Å². The molecule has 2 aliphatic heterocycles. The molecule has 30 heavy (non-hydrogen) atoms. The Morgan fingerprint density at radius 3 is 2.73 bits per heavy atom. The number of fused-ring (bicyclic) bond motifs is 2. The smallest absolute Gasteiger partial charge is 0.239 e. The van der Waals surface area contributed by atoms with E-state index in [0.717, 1.165) is 37.0 Å². The highest BCUT2D eigenvalue weighted by Crippen LogP contribution is 2.58. The number of anilines is 1. The molecule has 2 amide bonds. The second-order valence-electron chi connectivity index (χ2n) is 8.43. The van der Waals surface area contributed by atoms with E-state index in [1.165, 1.54) is 0 Å². The third-order valence-electron chi connectivity index (χ3n) is 6.86. The van der Waals surface area contributed by atoms with E-state index >= 15 is 0 Å². The maximum atomic E-state index is 13.8. The van der Waals surface area contributed by atoms with Gasteiger partial charge in [-0.1, -0.05) is 48.9 Å². The molecule has 1 saturated heterocycles. The van der Waals surface area contributed by atoms with Gasteiger partial charge in [0.25, 0.3) is 0 Å². The molecule has 0 aromatic heterocycles. The summed E-state index contributed by atoms with van der Waals surface area (Å²) < 4.78 is 6.60. The van der Waals surface area contributed by atoms with Gasteiger partial charge in [0.05, 0.1) is 0 Å². The summed E-state index contributed by atoms with van der Waals surface area (Å²) in [6.07, 6.45) is 5.55. The maximum absolute atomic E-state index is 13.8. The zero-order chi connectivity index (χ0) is 20.7. The number of likely N-dealkylation sites (tertiary alicyclic amines) is 1. The van der Waals surface area contributed by atoms with Gasteiger partial charge < -0.3 is 10.1 Å². The average Bonchev–Trinajstić information content (AvgIpc) is 2.77. The van der Waals surface area contributed by atoms with Crippen molar-refractivity contribution in [2.75, 3.05) is 11.9 Å². The minimum atomic E-state index is -0.786. The van der Waals surface area contributed by atoms with Crippen LogP contribution in [0.2, 0.25) is 0 Å². The van der Waals surface area contributed by atoms with Crippen LogP contribution in [0.15, 0.2) is 67.3 Å². The van der Waals surface area contributed by atoms with E-state index in [-0.39, 0.29) is 23.7 Å². The van der Waals surface area contributed by atoms with Gasteiger partial charge in [-0.3, -0.25) is 14.5 Å². The molecule has 1 N–H and O–H groups in total. The summed E-state index contributed by atoms with van der Waals surface area (Å²) in [7, 11) is 0. The minimum Gasteiger partial charge on any atom is -0.467 e. The molecule has 2 aromatic carbocycles. The van der Waals surface area contributed by atoms with Gasteiger partial charge in [0.2, 0.25) is 11.8 Å². The summed E-state index contributed by atoms with van der Waals surface area (Å²) in [4.78, 5) is 29.0. The molecule has 1 saturated carbocycles. The van der Waals surface area contributed by atoms with E-state index in [1.54, 1.807) is 11.0 Å². The number of carbonyl (C=O) groups excluding carboxylic acids is 2. The first-order valence-corrected chi connectivity index (χ1v) is 10.7. The lowest BCUT2D eigenvalue weighted by molar-refractivity contribution is -0.204. The largest absolute Gasteiger partial charge is 0.467 e. The predicted octanol–water partition coefficient (Wildman–Crippen LogP) is 4.33. The monoisotopic (exact) mass is 402 g/mol. The Morgan fingerprint density at radius 1 is 1.17 bits per heavy atom. The highest BCUT2D eigenvalue weighted by molar-refractivity contribution is 6.08. The summed E-state index contributed by atoms with van der Waals surface area (Å²) in [5.41, 5.74) is 0.984. The van der Waals surface area contributed by atoms with Gasteiger partial charge in [-0.05, 0) is 36.6 Å². The molecular weight excluding hydrogens is 376 g/mol. The number of carbonyl (C=O) groups is 2. The lowest BCUT2D eigenvalue weighted by Gasteiger charge is -2.60. The molecule has 4 atom stereocenters. The van der Waals surface area contributed by atoms with Crippen molar-refractivity contribution in [2.45, 2.75) is 37.3 Å². The number of ether oxygens (including phenoxy) is 1. The van der Waals surface area contributed by atoms with Crippen LogP contribution in [-0.4, -0.2) is 29.0 Å². The molecule has 2 fully saturated rings. The maximum Gasteiger partial charge on any atom is 0.239 e. The Labute approximate surface area is 176 Å². The first kappa shape index (κ1) is 18.9.